The zero-order valence-electron chi connectivity index (χ0n) is 16.1. The van der Waals surface area contributed by atoms with Crippen LogP contribution in [-0.2, 0) is 16.0 Å². The first-order chi connectivity index (χ1) is 13.9. The van der Waals surface area contributed by atoms with Crippen LogP contribution in [0.1, 0.15) is 18.1 Å². The molecule has 0 atom stereocenters. The Morgan fingerprint density at radius 2 is 1.83 bits per heavy atom. The van der Waals surface area contributed by atoms with Gasteiger partial charge in [0, 0.05) is 0 Å². The summed E-state index contributed by atoms with van der Waals surface area (Å²) in [6.45, 7) is 2.05. The van der Waals surface area contributed by atoms with Gasteiger partial charge in [-0.1, -0.05) is 19.1 Å². The lowest BCUT2D eigenvalue weighted by Gasteiger charge is -2.29. The molecule has 2 amide bonds. The molecule has 0 bridgehead atoms. The molecule has 0 saturated carbocycles. The summed E-state index contributed by atoms with van der Waals surface area (Å²) in [6, 6.07) is 11.0. The molecule has 3 rings (SSSR count). The second kappa shape index (κ2) is 8.91. The number of hydrogen-bond acceptors (Lipinski definition) is 5. The first-order valence-electron chi connectivity index (χ1n) is 8.81. The van der Waals surface area contributed by atoms with Crippen LogP contribution in [0.3, 0.4) is 0 Å². The topological polar surface area (TPSA) is 67.9 Å². The van der Waals surface area contributed by atoms with E-state index in [4.69, 9.17) is 21.7 Å². The number of amides is 2. The molecule has 0 radical (unpaired) electrons. The van der Waals surface area contributed by atoms with Crippen molar-refractivity contribution < 1.29 is 19.1 Å². The van der Waals surface area contributed by atoms with Gasteiger partial charge in [0.25, 0.3) is 11.8 Å². The minimum absolute atomic E-state index is 0.0128. The van der Waals surface area contributed by atoms with Gasteiger partial charge in [-0.3, -0.25) is 19.8 Å². The molecule has 1 fully saturated rings. The van der Waals surface area contributed by atoms with Crippen LogP contribution in [-0.4, -0.2) is 31.1 Å². The van der Waals surface area contributed by atoms with Gasteiger partial charge in [-0.15, -0.1) is 0 Å². The SMILES string of the molecule is CCc1ccc(N2C(=O)C(=Cc3cc(I)c(OC)c(OC)c3)C(=O)NC2=S)cc1. The van der Waals surface area contributed by atoms with Crippen LogP contribution < -0.4 is 19.7 Å². The predicted molar refractivity (Wildman–Crippen MR) is 124 cm³/mol. The molecule has 8 heteroatoms. The standard InChI is InChI=1S/C21H19IN2O4S/c1-4-12-5-7-14(8-6-12)24-20(26)15(19(25)23-21(24)29)9-13-10-16(22)18(28-3)17(11-13)27-2/h5-11H,4H2,1-3H3,(H,23,25,29). The van der Waals surface area contributed by atoms with Crippen molar-refractivity contribution >= 4 is 63.5 Å². The van der Waals surface area contributed by atoms with Crippen LogP contribution in [0.25, 0.3) is 6.08 Å². The molecule has 1 aliphatic heterocycles. The first-order valence-corrected chi connectivity index (χ1v) is 10.3. The maximum atomic E-state index is 13.1. The Morgan fingerprint density at radius 1 is 1.14 bits per heavy atom. The molecule has 0 spiro atoms. The maximum absolute atomic E-state index is 13.1. The van der Waals surface area contributed by atoms with Gasteiger partial charge in [0.15, 0.2) is 16.6 Å². The third-order valence-electron chi connectivity index (χ3n) is 4.47. The van der Waals surface area contributed by atoms with Crippen molar-refractivity contribution in [3.05, 3.63) is 56.7 Å². The van der Waals surface area contributed by atoms with Gasteiger partial charge in [0.1, 0.15) is 5.57 Å². The van der Waals surface area contributed by atoms with Crippen molar-refractivity contribution in [1.82, 2.24) is 5.32 Å². The van der Waals surface area contributed by atoms with E-state index in [1.54, 1.807) is 13.2 Å². The van der Waals surface area contributed by atoms with E-state index in [1.807, 2.05) is 30.3 Å². The van der Waals surface area contributed by atoms with E-state index in [2.05, 4.69) is 34.8 Å². The Balaban J connectivity index is 2.02. The van der Waals surface area contributed by atoms with Crippen LogP contribution in [0.15, 0.2) is 42.0 Å². The third kappa shape index (κ3) is 4.27. The van der Waals surface area contributed by atoms with Crippen LogP contribution >= 0.6 is 34.8 Å². The molecule has 2 aromatic rings. The number of aryl methyl sites for hydroxylation is 1. The minimum Gasteiger partial charge on any atom is -0.493 e. The quantitative estimate of drug-likeness (QED) is 0.281. The molecular formula is C21H19IN2O4S. The summed E-state index contributed by atoms with van der Waals surface area (Å²) in [7, 11) is 3.09. The summed E-state index contributed by atoms with van der Waals surface area (Å²) in [5.41, 5.74) is 2.37. The summed E-state index contributed by atoms with van der Waals surface area (Å²) >= 11 is 7.36. The number of carbonyl (C=O) groups is 2. The summed E-state index contributed by atoms with van der Waals surface area (Å²) in [5, 5.41) is 2.65. The molecule has 1 N–H and O–H groups in total. The minimum atomic E-state index is -0.536. The number of hydrogen-bond donors (Lipinski definition) is 1. The number of carbonyl (C=O) groups excluding carboxylic acids is 2. The second-order valence-electron chi connectivity index (χ2n) is 6.22. The van der Waals surface area contributed by atoms with E-state index in [0.29, 0.717) is 22.7 Å². The van der Waals surface area contributed by atoms with Gasteiger partial charge >= 0.3 is 0 Å². The van der Waals surface area contributed by atoms with Crippen molar-refractivity contribution in [2.75, 3.05) is 19.1 Å². The van der Waals surface area contributed by atoms with E-state index in [9.17, 15) is 9.59 Å². The van der Waals surface area contributed by atoms with Gasteiger partial charge in [-0.2, -0.15) is 0 Å². The molecular weight excluding hydrogens is 503 g/mol. The fraction of sp³-hybridized carbons (Fsp3) is 0.190. The Bertz CT molecular complexity index is 1020. The number of nitrogens with one attached hydrogen (secondary N) is 1. The normalized spacial score (nSPS) is 15.5. The molecule has 0 aliphatic carbocycles. The Kier molecular flexibility index (Phi) is 6.53. The highest BCUT2D eigenvalue weighted by atomic mass is 127. The Labute approximate surface area is 188 Å². The van der Waals surface area contributed by atoms with Crippen molar-refractivity contribution in [2.24, 2.45) is 0 Å². The largest absolute Gasteiger partial charge is 0.493 e. The van der Waals surface area contributed by atoms with Crippen LogP contribution in [0, 0.1) is 3.57 Å². The number of nitrogens with zero attached hydrogens (tertiary/aromatic N) is 1. The van der Waals surface area contributed by atoms with Gasteiger partial charge in [-0.25, -0.2) is 0 Å². The summed E-state index contributed by atoms with van der Waals surface area (Å²) in [5.74, 6) is 0.0879. The lowest BCUT2D eigenvalue weighted by atomic mass is 10.1. The van der Waals surface area contributed by atoms with Gasteiger partial charge in [-0.05, 0) is 82.7 Å². The second-order valence-corrected chi connectivity index (χ2v) is 7.76. The maximum Gasteiger partial charge on any atom is 0.270 e. The molecule has 29 heavy (non-hydrogen) atoms. The highest BCUT2D eigenvalue weighted by Crippen LogP contribution is 2.34. The lowest BCUT2D eigenvalue weighted by molar-refractivity contribution is -0.122. The molecule has 1 aliphatic rings. The van der Waals surface area contributed by atoms with Gasteiger partial charge < -0.3 is 9.47 Å². The molecule has 0 unspecified atom stereocenters. The number of rotatable bonds is 5. The van der Waals surface area contributed by atoms with E-state index in [1.165, 1.54) is 18.1 Å². The Hall–Kier alpha value is -2.46. The fourth-order valence-electron chi connectivity index (χ4n) is 2.96. The van der Waals surface area contributed by atoms with E-state index >= 15 is 0 Å². The first kappa shape index (κ1) is 21.3. The average Bonchev–Trinajstić information content (AvgIpc) is 2.71. The summed E-state index contributed by atoms with van der Waals surface area (Å²) in [6.07, 6.45) is 2.41. The molecule has 150 valence electrons. The molecule has 6 nitrogen and oxygen atoms in total. The highest BCUT2D eigenvalue weighted by Gasteiger charge is 2.34. The third-order valence-corrected chi connectivity index (χ3v) is 5.56. The smallest absolute Gasteiger partial charge is 0.270 e. The van der Waals surface area contributed by atoms with E-state index < -0.39 is 11.8 Å². The number of benzene rings is 2. The number of methoxy groups -OCH3 is 2. The molecule has 0 aromatic heterocycles. The monoisotopic (exact) mass is 522 g/mol. The molecule has 1 heterocycles. The number of anilines is 1. The number of thiocarbonyl (C=S) groups is 1. The Morgan fingerprint density at radius 3 is 2.41 bits per heavy atom. The zero-order chi connectivity index (χ0) is 21.1. The van der Waals surface area contributed by atoms with Crippen molar-refractivity contribution in [2.45, 2.75) is 13.3 Å². The molecule has 1 saturated heterocycles. The molecule has 2 aromatic carbocycles. The van der Waals surface area contributed by atoms with Crippen molar-refractivity contribution in [3.8, 4) is 11.5 Å². The summed E-state index contributed by atoms with van der Waals surface area (Å²) < 4.78 is 11.5. The van der Waals surface area contributed by atoms with Crippen LogP contribution in [0.5, 0.6) is 11.5 Å². The van der Waals surface area contributed by atoms with E-state index in [-0.39, 0.29) is 10.7 Å². The highest BCUT2D eigenvalue weighted by molar-refractivity contribution is 14.1. The number of ether oxygens (including phenoxy) is 2. The number of halogens is 1. The van der Waals surface area contributed by atoms with E-state index in [0.717, 1.165) is 15.6 Å². The fourth-order valence-corrected chi connectivity index (χ4v) is 4.09. The zero-order valence-corrected chi connectivity index (χ0v) is 19.1. The van der Waals surface area contributed by atoms with Crippen molar-refractivity contribution in [1.29, 1.82) is 0 Å². The lowest BCUT2D eigenvalue weighted by Crippen LogP contribution is -2.54. The van der Waals surface area contributed by atoms with Gasteiger partial charge in [0.2, 0.25) is 0 Å². The van der Waals surface area contributed by atoms with Crippen LogP contribution in [0.2, 0.25) is 0 Å². The predicted octanol–water partition coefficient (Wildman–Crippen LogP) is 3.70. The van der Waals surface area contributed by atoms with Crippen LogP contribution in [0.4, 0.5) is 5.69 Å². The van der Waals surface area contributed by atoms with Gasteiger partial charge in [0.05, 0.1) is 23.5 Å². The average molecular weight is 522 g/mol. The summed E-state index contributed by atoms with van der Waals surface area (Å²) in [4.78, 5) is 26.9. The van der Waals surface area contributed by atoms with Crippen molar-refractivity contribution in [3.63, 3.8) is 0 Å².